The van der Waals surface area contributed by atoms with Gasteiger partial charge in [0.25, 0.3) is 5.56 Å². The summed E-state index contributed by atoms with van der Waals surface area (Å²) in [7, 11) is 0. The van der Waals surface area contributed by atoms with Crippen LogP contribution in [0.4, 0.5) is 11.6 Å². The van der Waals surface area contributed by atoms with Gasteiger partial charge in [-0.15, -0.1) is 0 Å². The molecule has 3 aromatic heterocycles. The monoisotopic (exact) mass is 372 g/mol. The van der Waals surface area contributed by atoms with Crippen LogP contribution in [0.5, 0.6) is 0 Å². The van der Waals surface area contributed by atoms with E-state index in [9.17, 15) is 4.79 Å². The zero-order chi connectivity index (χ0) is 18.7. The molecule has 0 unspecified atom stereocenters. The number of nitrogens with zero attached hydrogens (tertiary/aromatic N) is 4. The van der Waals surface area contributed by atoms with Crippen LogP contribution in [0.1, 0.15) is 48.6 Å². The van der Waals surface area contributed by atoms with Gasteiger partial charge < -0.3 is 5.32 Å². The highest BCUT2D eigenvalue weighted by Gasteiger charge is 2.26. The van der Waals surface area contributed by atoms with E-state index in [2.05, 4.69) is 26.6 Å². The second-order valence-corrected chi connectivity index (χ2v) is 7.77. The number of nitrogens with one attached hydrogen (secondary N) is 2. The molecule has 7 heteroatoms. The molecule has 0 bridgehead atoms. The summed E-state index contributed by atoms with van der Waals surface area (Å²) in [6, 6.07) is 9.54. The summed E-state index contributed by atoms with van der Waals surface area (Å²) in [5, 5.41) is 11.6. The van der Waals surface area contributed by atoms with Crippen LogP contribution in [0.15, 0.2) is 35.1 Å². The summed E-state index contributed by atoms with van der Waals surface area (Å²) in [5.74, 6) is 2.61. The maximum atomic E-state index is 13.2. The average Bonchev–Trinajstić information content (AvgIpc) is 3.47. The van der Waals surface area contributed by atoms with E-state index in [1.54, 1.807) is 4.40 Å². The number of aromatic nitrogens is 5. The van der Waals surface area contributed by atoms with Gasteiger partial charge in [-0.25, -0.2) is 9.38 Å². The van der Waals surface area contributed by atoms with Gasteiger partial charge >= 0.3 is 0 Å². The fourth-order valence-electron chi connectivity index (χ4n) is 4.23. The van der Waals surface area contributed by atoms with Crippen molar-refractivity contribution in [3.63, 3.8) is 0 Å². The molecule has 7 nitrogen and oxygen atoms in total. The number of benzene rings is 1. The van der Waals surface area contributed by atoms with Gasteiger partial charge in [-0.3, -0.25) is 9.89 Å². The van der Waals surface area contributed by atoms with Crippen molar-refractivity contribution in [1.82, 2.24) is 24.6 Å². The lowest BCUT2D eigenvalue weighted by Gasteiger charge is -2.21. The van der Waals surface area contributed by atoms with Crippen LogP contribution < -0.4 is 10.9 Å². The number of fused-ring (bicyclic) bond motifs is 4. The number of aryl methyl sites for hydroxylation is 1. The minimum atomic E-state index is -0.0337. The van der Waals surface area contributed by atoms with E-state index in [4.69, 9.17) is 4.98 Å². The van der Waals surface area contributed by atoms with Gasteiger partial charge in [0.15, 0.2) is 5.82 Å². The Hall–Kier alpha value is -3.22. The van der Waals surface area contributed by atoms with Crippen LogP contribution in [-0.2, 0) is 12.8 Å². The zero-order valence-electron chi connectivity index (χ0n) is 15.4. The lowest BCUT2D eigenvalue weighted by molar-refractivity contribution is 0.652. The molecule has 0 spiro atoms. The Labute approximate surface area is 160 Å². The predicted octanol–water partition coefficient (Wildman–Crippen LogP) is 3.47. The van der Waals surface area contributed by atoms with Crippen molar-refractivity contribution in [3.8, 4) is 0 Å². The molecular formula is C21H20N6O. The molecule has 6 rings (SSSR count). The van der Waals surface area contributed by atoms with Crippen molar-refractivity contribution in [2.45, 2.75) is 44.4 Å². The highest BCUT2D eigenvalue weighted by molar-refractivity contribution is 5.79. The molecule has 2 N–H and O–H groups in total. The minimum absolute atomic E-state index is 0.0337. The third-order valence-electron chi connectivity index (χ3n) is 5.83. The third kappa shape index (κ3) is 2.42. The fourth-order valence-corrected chi connectivity index (χ4v) is 4.23. The van der Waals surface area contributed by atoms with Crippen LogP contribution in [0.2, 0.25) is 0 Å². The zero-order valence-corrected chi connectivity index (χ0v) is 15.4. The molecule has 3 heterocycles. The number of rotatable bonds is 3. The van der Waals surface area contributed by atoms with Crippen LogP contribution in [0, 0.1) is 0 Å². The second kappa shape index (κ2) is 5.89. The smallest absolute Gasteiger partial charge is 0.267 e. The molecule has 1 fully saturated rings. The number of H-pyrrole nitrogens is 1. The van der Waals surface area contributed by atoms with Gasteiger partial charge in [-0.2, -0.15) is 10.1 Å². The number of para-hydroxylation sites is 1. The predicted molar refractivity (Wildman–Crippen MR) is 107 cm³/mol. The molecule has 4 aromatic rings. The van der Waals surface area contributed by atoms with Gasteiger partial charge in [-0.1, -0.05) is 12.1 Å². The van der Waals surface area contributed by atoms with Crippen molar-refractivity contribution in [3.05, 3.63) is 57.6 Å². The van der Waals surface area contributed by atoms with Crippen LogP contribution in [-0.4, -0.2) is 24.6 Å². The Bertz CT molecular complexity index is 1280. The summed E-state index contributed by atoms with van der Waals surface area (Å²) in [6.07, 6.45) is 6.38. The van der Waals surface area contributed by atoms with Crippen LogP contribution in [0.3, 0.4) is 0 Å². The van der Waals surface area contributed by atoms with Crippen molar-refractivity contribution < 1.29 is 0 Å². The number of anilines is 2. The number of aromatic amines is 1. The maximum absolute atomic E-state index is 13.2. The molecule has 0 aliphatic heterocycles. The first-order valence-corrected chi connectivity index (χ1v) is 9.93. The lowest BCUT2D eigenvalue weighted by atomic mass is 9.96. The second-order valence-electron chi connectivity index (χ2n) is 7.77. The van der Waals surface area contributed by atoms with E-state index in [1.807, 2.05) is 24.3 Å². The molecule has 28 heavy (non-hydrogen) atoms. The molecular weight excluding hydrogens is 352 g/mol. The summed E-state index contributed by atoms with van der Waals surface area (Å²) >= 11 is 0. The molecule has 140 valence electrons. The van der Waals surface area contributed by atoms with Crippen molar-refractivity contribution in [1.29, 1.82) is 0 Å². The first-order valence-electron chi connectivity index (χ1n) is 9.93. The standard InChI is InChI=1S/C21H20N6O/c28-20-13-5-1-3-7-15(13)22-21-24-19(14-6-2-4-8-17(14)27(20)21)23-18-11-16(25-26-18)12-9-10-12/h1,3,5,7,11-12H,2,4,6,8-10H2,(H2,22,23,24,25,26). The highest BCUT2D eigenvalue weighted by Crippen LogP contribution is 2.40. The largest absolute Gasteiger partial charge is 0.323 e. The fraction of sp³-hybridized carbons (Fsp3) is 0.333. The van der Waals surface area contributed by atoms with Crippen LogP contribution >= 0.6 is 0 Å². The lowest BCUT2D eigenvalue weighted by Crippen LogP contribution is -2.24. The van der Waals surface area contributed by atoms with E-state index in [0.717, 1.165) is 48.6 Å². The Balaban J connectivity index is 1.55. The highest BCUT2D eigenvalue weighted by atomic mass is 16.1. The summed E-state index contributed by atoms with van der Waals surface area (Å²) in [4.78, 5) is 22.6. The molecule has 2 aliphatic rings. The van der Waals surface area contributed by atoms with Crippen LogP contribution in [0.25, 0.3) is 16.7 Å². The van der Waals surface area contributed by atoms with E-state index in [1.165, 1.54) is 18.5 Å². The van der Waals surface area contributed by atoms with Gasteiger partial charge in [0.1, 0.15) is 5.82 Å². The number of hydrogen-bond donors (Lipinski definition) is 2. The number of hydrogen-bond acceptors (Lipinski definition) is 5. The molecule has 1 saturated carbocycles. The van der Waals surface area contributed by atoms with Crippen molar-refractivity contribution in [2.75, 3.05) is 5.32 Å². The maximum Gasteiger partial charge on any atom is 0.267 e. The molecule has 0 atom stereocenters. The van der Waals surface area contributed by atoms with Gasteiger partial charge in [0.05, 0.1) is 10.9 Å². The summed E-state index contributed by atoms with van der Waals surface area (Å²) in [5.41, 5.74) is 3.96. The van der Waals surface area contributed by atoms with Gasteiger partial charge in [0, 0.05) is 28.9 Å². The van der Waals surface area contributed by atoms with E-state index >= 15 is 0 Å². The molecule has 0 radical (unpaired) electrons. The molecule has 1 aromatic carbocycles. The Morgan fingerprint density at radius 3 is 2.86 bits per heavy atom. The molecule has 0 amide bonds. The minimum Gasteiger partial charge on any atom is -0.323 e. The molecule has 0 saturated heterocycles. The topological polar surface area (TPSA) is 88.0 Å². The van der Waals surface area contributed by atoms with Gasteiger partial charge in [0.2, 0.25) is 5.78 Å². The Kier molecular flexibility index (Phi) is 3.32. The van der Waals surface area contributed by atoms with Crippen molar-refractivity contribution >= 4 is 28.3 Å². The van der Waals surface area contributed by atoms with Gasteiger partial charge in [-0.05, 0) is 50.7 Å². The van der Waals surface area contributed by atoms with E-state index < -0.39 is 0 Å². The molecule has 2 aliphatic carbocycles. The average molecular weight is 372 g/mol. The van der Waals surface area contributed by atoms with Crippen molar-refractivity contribution in [2.24, 2.45) is 0 Å². The summed E-state index contributed by atoms with van der Waals surface area (Å²) < 4.78 is 1.71. The SMILES string of the molecule is O=c1c2ccccc2nc2nc(Nc3cc(C4CC4)[nH]n3)c3c(n12)CCCC3. The third-order valence-corrected chi connectivity index (χ3v) is 5.83. The van der Waals surface area contributed by atoms with E-state index in [0.29, 0.717) is 22.6 Å². The first-order chi connectivity index (χ1) is 13.8. The van der Waals surface area contributed by atoms with E-state index in [-0.39, 0.29) is 5.56 Å². The summed E-state index contributed by atoms with van der Waals surface area (Å²) in [6.45, 7) is 0. The quantitative estimate of drug-likeness (QED) is 0.538. The first kappa shape index (κ1) is 15.8. The Morgan fingerprint density at radius 1 is 1.11 bits per heavy atom. The normalized spacial score (nSPS) is 16.4. The Morgan fingerprint density at radius 2 is 1.96 bits per heavy atom.